The molecule has 0 aliphatic heterocycles. The number of ether oxygens (including phenoxy) is 9. The molecule has 0 fully saturated rings. The Morgan fingerprint density at radius 3 is 1.45 bits per heavy atom. The number of benzene rings is 1. The van der Waals surface area contributed by atoms with E-state index in [-0.39, 0.29) is 6.61 Å². The van der Waals surface area contributed by atoms with Crippen LogP contribution in [0.25, 0.3) is 0 Å². The Morgan fingerprint density at radius 1 is 0.625 bits per heavy atom. The molecular formula is C29H51NO10. The molecule has 0 aromatic heterocycles. The summed E-state index contributed by atoms with van der Waals surface area (Å²) in [5.41, 5.74) is 0.942. The second kappa shape index (κ2) is 28.7. The number of hydrogen-bond acceptors (Lipinski definition) is 10. The van der Waals surface area contributed by atoms with E-state index in [1.807, 2.05) is 30.3 Å². The van der Waals surface area contributed by atoms with Crippen molar-refractivity contribution in [2.45, 2.75) is 26.9 Å². The molecule has 1 unspecified atom stereocenters. The standard InChI is InChI=1S/C29H51NO10/c1-3-27(2)25-39-24-23-38-22-21-37-20-19-36-18-17-35-16-15-34-14-13-33-12-11-32-10-9-30-29(31)40-26-28-7-5-4-6-8-28/h4-8,27H,3,9-26H2,1-2H3,(H,30,31). The quantitative estimate of drug-likeness (QED) is 0.144. The molecule has 11 heteroatoms. The van der Waals surface area contributed by atoms with E-state index in [2.05, 4.69) is 19.2 Å². The van der Waals surface area contributed by atoms with Crippen molar-refractivity contribution in [3.8, 4) is 0 Å². The lowest BCUT2D eigenvalue weighted by molar-refractivity contribution is -0.0237. The maximum absolute atomic E-state index is 11.6. The average molecular weight is 574 g/mol. The van der Waals surface area contributed by atoms with Gasteiger partial charge in [0.05, 0.1) is 99.1 Å². The maximum Gasteiger partial charge on any atom is 0.407 e. The third-order valence-corrected chi connectivity index (χ3v) is 5.43. The van der Waals surface area contributed by atoms with Crippen LogP contribution in [0.1, 0.15) is 25.8 Å². The van der Waals surface area contributed by atoms with Gasteiger partial charge in [-0.3, -0.25) is 0 Å². The molecule has 1 atom stereocenters. The van der Waals surface area contributed by atoms with Gasteiger partial charge in [-0.15, -0.1) is 0 Å². The lowest BCUT2D eigenvalue weighted by Gasteiger charge is -2.10. The number of rotatable bonds is 29. The number of nitrogens with one attached hydrogen (secondary N) is 1. The van der Waals surface area contributed by atoms with Gasteiger partial charge < -0.3 is 47.9 Å². The van der Waals surface area contributed by atoms with Gasteiger partial charge in [0.15, 0.2) is 0 Å². The second-order valence-corrected chi connectivity index (χ2v) is 8.86. The van der Waals surface area contributed by atoms with Crippen molar-refractivity contribution >= 4 is 6.09 Å². The topological polar surface area (TPSA) is 112 Å². The van der Waals surface area contributed by atoms with E-state index in [9.17, 15) is 4.79 Å². The van der Waals surface area contributed by atoms with Crippen molar-refractivity contribution in [2.24, 2.45) is 5.92 Å². The molecule has 0 saturated carbocycles. The molecule has 40 heavy (non-hydrogen) atoms. The van der Waals surface area contributed by atoms with Crippen LogP contribution in [-0.4, -0.2) is 118 Å². The summed E-state index contributed by atoms with van der Waals surface area (Å²) in [7, 11) is 0. The van der Waals surface area contributed by atoms with Crippen LogP contribution in [0.15, 0.2) is 30.3 Å². The van der Waals surface area contributed by atoms with Crippen molar-refractivity contribution in [1.29, 1.82) is 0 Å². The largest absolute Gasteiger partial charge is 0.445 e. The van der Waals surface area contributed by atoms with Gasteiger partial charge in [0.25, 0.3) is 0 Å². The van der Waals surface area contributed by atoms with E-state index in [0.29, 0.717) is 112 Å². The van der Waals surface area contributed by atoms with Crippen molar-refractivity contribution in [1.82, 2.24) is 5.32 Å². The Balaban J connectivity index is 1.67. The van der Waals surface area contributed by atoms with Crippen LogP contribution >= 0.6 is 0 Å². The summed E-state index contributed by atoms with van der Waals surface area (Å²) < 4.78 is 48.8. The molecule has 1 aromatic rings. The average Bonchev–Trinajstić information content (AvgIpc) is 2.98. The zero-order valence-electron chi connectivity index (χ0n) is 24.5. The summed E-state index contributed by atoms with van der Waals surface area (Å²) in [5.74, 6) is 0.595. The van der Waals surface area contributed by atoms with Gasteiger partial charge in [-0.05, 0) is 11.5 Å². The number of alkyl carbamates (subject to hydrolysis) is 1. The minimum Gasteiger partial charge on any atom is -0.445 e. The molecular weight excluding hydrogens is 522 g/mol. The fourth-order valence-electron chi connectivity index (χ4n) is 2.94. The Hall–Kier alpha value is -1.83. The van der Waals surface area contributed by atoms with Crippen molar-refractivity contribution in [3.05, 3.63) is 35.9 Å². The predicted octanol–water partition coefficient (Wildman–Crippen LogP) is 3.09. The summed E-state index contributed by atoms with van der Waals surface area (Å²) in [5, 5.41) is 2.64. The molecule has 0 saturated heterocycles. The van der Waals surface area contributed by atoms with E-state index in [1.165, 1.54) is 0 Å². The van der Waals surface area contributed by atoms with Crippen molar-refractivity contribution < 1.29 is 47.4 Å². The van der Waals surface area contributed by atoms with Gasteiger partial charge >= 0.3 is 6.09 Å². The zero-order valence-corrected chi connectivity index (χ0v) is 24.5. The highest BCUT2D eigenvalue weighted by Gasteiger charge is 2.02. The first kappa shape index (κ1) is 36.2. The molecule has 0 radical (unpaired) electrons. The Morgan fingerprint density at radius 2 is 1.02 bits per heavy atom. The molecule has 11 nitrogen and oxygen atoms in total. The van der Waals surface area contributed by atoms with Crippen molar-refractivity contribution in [2.75, 3.05) is 112 Å². The van der Waals surface area contributed by atoms with Crippen LogP contribution in [0, 0.1) is 5.92 Å². The van der Waals surface area contributed by atoms with E-state index in [4.69, 9.17) is 42.6 Å². The molecule has 0 aliphatic rings. The highest BCUT2D eigenvalue weighted by Crippen LogP contribution is 2.01. The summed E-state index contributed by atoms with van der Waals surface area (Å²) in [6, 6.07) is 9.52. The number of amides is 1. The normalized spacial score (nSPS) is 11.9. The fraction of sp³-hybridized carbons (Fsp3) is 0.759. The number of carbonyl (C=O) groups is 1. The minimum atomic E-state index is -0.464. The SMILES string of the molecule is CCC(C)COCCOCCOCCOCCOCCOCCOCCOCCNC(=O)OCc1ccccc1. The van der Waals surface area contributed by atoms with E-state index >= 15 is 0 Å². The van der Waals surface area contributed by atoms with Crippen LogP contribution in [0.2, 0.25) is 0 Å². The first-order chi connectivity index (χ1) is 19.7. The third kappa shape index (κ3) is 25.2. The molecule has 0 bridgehead atoms. The summed E-state index contributed by atoms with van der Waals surface area (Å²) >= 11 is 0. The monoisotopic (exact) mass is 573 g/mol. The smallest absolute Gasteiger partial charge is 0.407 e. The Labute approximate surface area is 240 Å². The summed E-state index contributed by atoms with van der Waals surface area (Å²) in [6.07, 6.45) is 0.667. The van der Waals surface area contributed by atoms with Gasteiger partial charge in [0, 0.05) is 13.2 Å². The van der Waals surface area contributed by atoms with E-state index < -0.39 is 6.09 Å². The fourth-order valence-corrected chi connectivity index (χ4v) is 2.94. The Bertz CT molecular complexity index is 667. The molecule has 1 rings (SSSR count). The highest BCUT2D eigenvalue weighted by molar-refractivity contribution is 5.67. The van der Waals surface area contributed by atoms with Crippen LogP contribution < -0.4 is 5.32 Å². The first-order valence-corrected chi connectivity index (χ1v) is 14.3. The van der Waals surface area contributed by atoms with Gasteiger partial charge in [-0.2, -0.15) is 0 Å². The van der Waals surface area contributed by atoms with Crippen LogP contribution in [-0.2, 0) is 49.2 Å². The molecule has 1 N–H and O–H groups in total. The molecule has 1 amide bonds. The van der Waals surface area contributed by atoms with E-state index in [0.717, 1.165) is 18.6 Å². The Kier molecular flexibility index (Phi) is 26.0. The van der Waals surface area contributed by atoms with Gasteiger partial charge in [0.1, 0.15) is 6.61 Å². The third-order valence-electron chi connectivity index (χ3n) is 5.43. The summed E-state index contributed by atoms with van der Waals surface area (Å²) in [4.78, 5) is 11.6. The van der Waals surface area contributed by atoms with Crippen LogP contribution in [0.3, 0.4) is 0 Å². The summed E-state index contributed by atoms with van der Waals surface area (Å²) in [6.45, 7) is 13.4. The molecule has 0 aliphatic carbocycles. The first-order valence-electron chi connectivity index (χ1n) is 14.3. The molecule has 1 aromatic carbocycles. The maximum atomic E-state index is 11.6. The van der Waals surface area contributed by atoms with Crippen LogP contribution in [0.4, 0.5) is 4.79 Å². The number of hydrogen-bond donors (Lipinski definition) is 1. The second-order valence-electron chi connectivity index (χ2n) is 8.86. The highest BCUT2D eigenvalue weighted by atomic mass is 16.6. The van der Waals surface area contributed by atoms with Gasteiger partial charge in [0.2, 0.25) is 0 Å². The molecule has 0 heterocycles. The predicted molar refractivity (Wildman–Crippen MR) is 151 cm³/mol. The van der Waals surface area contributed by atoms with Crippen molar-refractivity contribution in [3.63, 3.8) is 0 Å². The number of carbonyl (C=O) groups excluding carboxylic acids is 1. The zero-order chi connectivity index (χ0) is 28.8. The van der Waals surface area contributed by atoms with Crippen LogP contribution in [0.5, 0.6) is 0 Å². The van der Waals surface area contributed by atoms with Gasteiger partial charge in [-0.1, -0.05) is 50.6 Å². The van der Waals surface area contributed by atoms with Gasteiger partial charge in [-0.25, -0.2) is 4.79 Å². The lowest BCUT2D eigenvalue weighted by Crippen LogP contribution is -2.28. The molecule has 232 valence electrons. The van der Waals surface area contributed by atoms with E-state index in [1.54, 1.807) is 0 Å². The molecule has 0 spiro atoms. The minimum absolute atomic E-state index is 0.243. The lowest BCUT2D eigenvalue weighted by atomic mass is 10.1.